The van der Waals surface area contributed by atoms with Gasteiger partial charge in [-0.3, -0.25) is 14.9 Å². The first-order valence-electron chi connectivity index (χ1n) is 10.1. The predicted molar refractivity (Wildman–Crippen MR) is 121 cm³/mol. The Labute approximate surface area is 181 Å². The third-order valence-electron chi connectivity index (χ3n) is 4.65. The molecule has 0 aliphatic carbocycles. The topological polar surface area (TPSA) is 68.3 Å². The number of benzene rings is 2. The number of unbranched alkanes of at least 4 members (excludes halogenated alkanes) is 1. The summed E-state index contributed by atoms with van der Waals surface area (Å²) in [6.45, 7) is 3.59. The highest BCUT2D eigenvalue weighted by molar-refractivity contribution is 7.15. The van der Waals surface area contributed by atoms with Gasteiger partial charge in [0.25, 0.3) is 5.91 Å². The molecule has 6 heteroatoms. The van der Waals surface area contributed by atoms with Crippen molar-refractivity contribution in [2.75, 3.05) is 11.9 Å². The summed E-state index contributed by atoms with van der Waals surface area (Å²) in [5.41, 5.74) is 3.21. The smallest absolute Gasteiger partial charge is 0.264 e. The Bertz CT molecular complexity index is 978. The number of nitrogens with zero attached hydrogens (tertiary/aromatic N) is 1. The first-order valence-corrected chi connectivity index (χ1v) is 10.9. The number of thiazole rings is 1. The number of hydrogen-bond donors (Lipinski definition) is 1. The molecule has 0 unspecified atom stereocenters. The van der Waals surface area contributed by atoms with E-state index in [4.69, 9.17) is 4.74 Å². The average Bonchev–Trinajstić information content (AvgIpc) is 3.18. The van der Waals surface area contributed by atoms with Crippen LogP contribution in [0.2, 0.25) is 0 Å². The molecule has 3 rings (SSSR count). The maximum Gasteiger partial charge on any atom is 0.264 e. The van der Waals surface area contributed by atoms with Crippen LogP contribution in [0.4, 0.5) is 5.13 Å². The first kappa shape index (κ1) is 21.7. The van der Waals surface area contributed by atoms with Crippen LogP contribution >= 0.6 is 11.3 Å². The van der Waals surface area contributed by atoms with Gasteiger partial charge in [0.05, 0.1) is 0 Å². The van der Waals surface area contributed by atoms with E-state index in [0.717, 1.165) is 17.7 Å². The van der Waals surface area contributed by atoms with Gasteiger partial charge in [0, 0.05) is 23.1 Å². The minimum Gasteiger partial charge on any atom is -0.484 e. The number of aryl methyl sites for hydroxylation is 1. The number of carbonyl (C=O) groups is 2. The van der Waals surface area contributed by atoms with Crippen LogP contribution in [-0.4, -0.2) is 23.3 Å². The Morgan fingerprint density at radius 2 is 1.73 bits per heavy atom. The molecule has 0 fully saturated rings. The fraction of sp³-hybridized carbons (Fsp3) is 0.292. The van der Waals surface area contributed by atoms with E-state index in [9.17, 15) is 9.59 Å². The standard InChI is InChI=1S/C24H26N2O3S/c1-3-4-5-18-6-8-19(9-7-18)14-22-15-25-24(30-22)26-23(28)16-29-21-12-10-20(11-13-21)17(2)27/h6-13,15H,3-5,14,16H2,1-2H3,(H,25,26,28). The van der Waals surface area contributed by atoms with Gasteiger partial charge in [-0.1, -0.05) is 37.6 Å². The minimum absolute atomic E-state index is 0.00805. The lowest BCUT2D eigenvalue weighted by Crippen LogP contribution is -2.20. The predicted octanol–water partition coefficient (Wildman–Crippen LogP) is 5.30. The third-order valence-corrected chi connectivity index (χ3v) is 5.56. The average molecular weight is 423 g/mol. The van der Waals surface area contributed by atoms with Crippen LogP contribution in [0.1, 0.15) is 53.1 Å². The van der Waals surface area contributed by atoms with Crippen LogP contribution in [-0.2, 0) is 17.6 Å². The molecule has 0 radical (unpaired) electrons. The number of nitrogens with one attached hydrogen (secondary N) is 1. The highest BCUT2D eigenvalue weighted by Gasteiger charge is 2.09. The van der Waals surface area contributed by atoms with Crippen molar-refractivity contribution in [3.63, 3.8) is 0 Å². The molecule has 1 aromatic heterocycles. The number of hydrogen-bond acceptors (Lipinski definition) is 5. The van der Waals surface area contributed by atoms with Gasteiger partial charge < -0.3 is 4.74 Å². The van der Waals surface area contributed by atoms with E-state index in [1.165, 1.54) is 42.2 Å². The molecule has 0 atom stereocenters. The van der Waals surface area contributed by atoms with E-state index in [-0.39, 0.29) is 18.3 Å². The zero-order valence-electron chi connectivity index (χ0n) is 17.3. The van der Waals surface area contributed by atoms with Crippen molar-refractivity contribution >= 4 is 28.2 Å². The number of aromatic nitrogens is 1. The highest BCUT2D eigenvalue weighted by Crippen LogP contribution is 2.22. The van der Waals surface area contributed by atoms with Crippen LogP contribution in [0, 0.1) is 0 Å². The van der Waals surface area contributed by atoms with Crippen LogP contribution < -0.4 is 10.1 Å². The SMILES string of the molecule is CCCCc1ccc(Cc2cnc(NC(=O)COc3ccc(C(C)=O)cc3)s2)cc1. The van der Waals surface area contributed by atoms with Crippen molar-refractivity contribution in [1.29, 1.82) is 0 Å². The van der Waals surface area contributed by atoms with Crippen molar-refractivity contribution in [1.82, 2.24) is 4.98 Å². The maximum absolute atomic E-state index is 12.1. The van der Waals surface area contributed by atoms with Crippen molar-refractivity contribution in [2.24, 2.45) is 0 Å². The molecule has 0 bridgehead atoms. The summed E-state index contributed by atoms with van der Waals surface area (Å²) in [5, 5.41) is 3.33. The minimum atomic E-state index is -0.271. The van der Waals surface area contributed by atoms with Gasteiger partial charge in [-0.2, -0.15) is 0 Å². The monoisotopic (exact) mass is 422 g/mol. The van der Waals surface area contributed by atoms with Gasteiger partial charge in [0.1, 0.15) is 5.75 Å². The zero-order chi connectivity index (χ0) is 21.3. The van der Waals surface area contributed by atoms with Crippen molar-refractivity contribution in [3.05, 3.63) is 76.3 Å². The second-order valence-corrected chi connectivity index (χ2v) is 8.26. The summed E-state index contributed by atoms with van der Waals surface area (Å²) in [7, 11) is 0. The van der Waals surface area contributed by atoms with Gasteiger partial charge in [0.15, 0.2) is 17.5 Å². The molecule has 1 amide bonds. The number of Topliss-reactive ketones (excluding diaryl/α,β-unsaturated/α-hetero) is 1. The molecule has 0 aliphatic rings. The molecule has 3 aromatic rings. The van der Waals surface area contributed by atoms with E-state index in [1.807, 2.05) is 0 Å². The number of rotatable bonds is 10. The van der Waals surface area contributed by atoms with Gasteiger partial charge in [0.2, 0.25) is 0 Å². The molecule has 0 saturated carbocycles. The molecule has 30 heavy (non-hydrogen) atoms. The second-order valence-electron chi connectivity index (χ2n) is 7.15. The maximum atomic E-state index is 12.1. The summed E-state index contributed by atoms with van der Waals surface area (Å²) in [4.78, 5) is 28.8. The number of carbonyl (C=O) groups excluding carboxylic acids is 2. The molecule has 0 aliphatic heterocycles. The van der Waals surface area contributed by atoms with E-state index in [0.29, 0.717) is 16.4 Å². The lowest BCUT2D eigenvalue weighted by Gasteiger charge is -2.06. The summed E-state index contributed by atoms with van der Waals surface area (Å²) >= 11 is 1.46. The fourth-order valence-electron chi connectivity index (χ4n) is 2.94. The lowest BCUT2D eigenvalue weighted by molar-refractivity contribution is -0.118. The van der Waals surface area contributed by atoms with E-state index in [1.54, 1.807) is 30.5 Å². The summed E-state index contributed by atoms with van der Waals surface area (Å²) in [6, 6.07) is 15.4. The van der Waals surface area contributed by atoms with E-state index < -0.39 is 0 Å². The molecule has 5 nitrogen and oxygen atoms in total. The Balaban J connectivity index is 1.47. The van der Waals surface area contributed by atoms with Crippen molar-refractivity contribution in [3.8, 4) is 5.75 Å². The highest BCUT2D eigenvalue weighted by atomic mass is 32.1. The quantitative estimate of drug-likeness (QED) is 0.450. The van der Waals surface area contributed by atoms with Crippen molar-refractivity contribution < 1.29 is 14.3 Å². The number of ether oxygens (including phenoxy) is 1. The fourth-order valence-corrected chi connectivity index (χ4v) is 3.81. The molecular weight excluding hydrogens is 396 g/mol. The number of ketones is 1. The largest absolute Gasteiger partial charge is 0.484 e. The van der Waals surface area contributed by atoms with Crippen LogP contribution in [0.3, 0.4) is 0 Å². The summed E-state index contributed by atoms with van der Waals surface area (Å²) in [6.07, 6.45) is 6.13. The summed E-state index contributed by atoms with van der Waals surface area (Å²) < 4.78 is 5.47. The third kappa shape index (κ3) is 6.52. The molecule has 0 saturated heterocycles. The molecular formula is C24H26N2O3S. The Morgan fingerprint density at radius 1 is 1.03 bits per heavy atom. The van der Waals surface area contributed by atoms with Crippen LogP contribution in [0.15, 0.2) is 54.7 Å². The lowest BCUT2D eigenvalue weighted by atomic mass is 10.0. The Kier molecular flexibility index (Phi) is 7.74. The molecule has 0 spiro atoms. The van der Waals surface area contributed by atoms with Crippen LogP contribution in [0.25, 0.3) is 0 Å². The number of anilines is 1. The van der Waals surface area contributed by atoms with E-state index in [2.05, 4.69) is 41.5 Å². The van der Waals surface area contributed by atoms with Crippen LogP contribution in [0.5, 0.6) is 5.75 Å². The van der Waals surface area contributed by atoms with Crippen molar-refractivity contribution in [2.45, 2.75) is 39.5 Å². The normalized spacial score (nSPS) is 10.6. The van der Waals surface area contributed by atoms with Gasteiger partial charge in [-0.05, 0) is 55.2 Å². The van der Waals surface area contributed by atoms with Gasteiger partial charge >= 0.3 is 0 Å². The molecule has 1 N–H and O–H groups in total. The Morgan fingerprint density at radius 3 is 2.40 bits per heavy atom. The second kappa shape index (κ2) is 10.7. The molecule has 156 valence electrons. The van der Waals surface area contributed by atoms with E-state index >= 15 is 0 Å². The molecule has 2 aromatic carbocycles. The van der Waals surface area contributed by atoms with Gasteiger partial charge in [-0.15, -0.1) is 11.3 Å². The zero-order valence-corrected chi connectivity index (χ0v) is 18.1. The first-order chi connectivity index (χ1) is 14.5. The van der Waals surface area contributed by atoms with Gasteiger partial charge in [-0.25, -0.2) is 4.98 Å². The Hall–Kier alpha value is -2.99. The molecule has 1 heterocycles. The summed E-state index contributed by atoms with van der Waals surface area (Å²) in [5.74, 6) is 0.260. The number of amides is 1.